The second kappa shape index (κ2) is 9.08. The van der Waals surface area contributed by atoms with E-state index >= 15 is 0 Å². The molecule has 2 aromatic rings. The van der Waals surface area contributed by atoms with Crippen molar-refractivity contribution in [1.29, 1.82) is 0 Å². The fourth-order valence-corrected chi connectivity index (χ4v) is 3.57. The summed E-state index contributed by atoms with van der Waals surface area (Å²) in [6.45, 7) is 6.70. The largest absolute Gasteiger partial charge is 0.324 e. The predicted molar refractivity (Wildman–Crippen MR) is 103 cm³/mol. The van der Waals surface area contributed by atoms with Crippen LogP contribution in [0.3, 0.4) is 0 Å². The molecule has 2 rings (SSSR count). The molecular weight excluding hydrogens is 278 g/mol. The third-order valence-corrected chi connectivity index (χ3v) is 5.11. The standard InChI is InChI=1S/C22H33N/c1-4-5-6-7-8-9-10-15-21(23)22-18(3)17(2)16-19-13-11-12-14-20(19)22/h11-14,16,21H,4-10,15,23H2,1-3H3. The smallest absolute Gasteiger partial charge is 0.0303 e. The van der Waals surface area contributed by atoms with Crippen LogP contribution in [0.25, 0.3) is 10.8 Å². The Bertz CT molecular complexity index is 615. The summed E-state index contributed by atoms with van der Waals surface area (Å²) < 4.78 is 0. The topological polar surface area (TPSA) is 26.0 Å². The van der Waals surface area contributed by atoms with E-state index in [2.05, 4.69) is 51.1 Å². The first-order chi connectivity index (χ1) is 11.1. The van der Waals surface area contributed by atoms with Crippen molar-refractivity contribution in [1.82, 2.24) is 0 Å². The Morgan fingerprint density at radius 3 is 2.30 bits per heavy atom. The summed E-state index contributed by atoms with van der Waals surface area (Å²) in [5.74, 6) is 0. The molecule has 0 aliphatic rings. The number of benzene rings is 2. The maximum Gasteiger partial charge on any atom is 0.0303 e. The fourth-order valence-electron chi connectivity index (χ4n) is 3.57. The zero-order chi connectivity index (χ0) is 16.7. The quantitative estimate of drug-likeness (QED) is 0.519. The molecule has 0 heterocycles. The van der Waals surface area contributed by atoms with Gasteiger partial charge < -0.3 is 5.73 Å². The van der Waals surface area contributed by atoms with Crippen molar-refractivity contribution in [3.8, 4) is 0 Å². The second-order valence-electron chi connectivity index (χ2n) is 6.97. The van der Waals surface area contributed by atoms with Gasteiger partial charge in [-0.15, -0.1) is 0 Å². The van der Waals surface area contributed by atoms with Crippen LogP contribution in [0.15, 0.2) is 30.3 Å². The van der Waals surface area contributed by atoms with Gasteiger partial charge in [0.2, 0.25) is 0 Å². The van der Waals surface area contributed by atoms with Gasteiger partial charge in [0.15, 0.2) is 0 Å². The summed E-state index contributed by atoms with van der Waals surface area (Å²) in [7, 11) is 0. The molecule has 0 saturated heterocycles. The van der Waals surface area contributed by atoms with Crippen molar-refractivity contribution in [3.63, 3.8) is 0 Å². The van der Waals surface area contributed by atoms with Gasteiger partial charge in [-0.2, -0.15) is 0 Å². The van der Waals surface area contributed by atoms with E-state index in [1.165, 1.54) is 72.4 Å². The Kier molecular flexibility index (Phi) is 7.11. The van der Waals surface area contributed by atoms with Gasteiger partial charge in [0.25, 0.3) is 0 Å². The van der Waals surface area contributed by atoms with E-state index in [9.17, 15) is 0 Å². The van der Waals surface area contributed by atoms with Crippen LogP contribution >= 0.6 is 0 Å². The predicted octanol–water partition coefficient (Wildman–Crippen LogP) is 6.60. The van der Waals surface area contributed by atoms with E-state index in [1.807, 2.05) is 0 Å². The highest BCUT2D eigenvalue weighted by molar-refractivity contribution is 5.88. The lowest BCUT2D eigenvalue weighted by Crippen LogP contribution is -2.13. The van der Waals surface area contributed by atoms with Gasteiger partial charge in [-0.1, -0.05) is 82.2 Å². The van der Waals surface area contributed by atoms with E-state index in [-0.39, 0.29) is 6.04 Å². The number of nitrogens with two attached hydrogens (primary N) is 1. The first kappa shape index (κ1) is 18.0. The number of fused-ring (bicyclic) bond motifs is 1. The minimum absolute atomic E-state index is 0.162. The number of aryl methyl sites for hydroxylation is 1. The Morgan fingerprint density at radius 2 is 1.57 bits per heavy atom. The summed E-state index contributed by atoms with van der Waals surface area (Å²) >= 11 is 0. The van der Waals surface area contributed by atoms with Gasteiger partial charge >= 0.3 is 0 Å². The molecule has 1 unspecified atom stereocenters. The lowest BCUT2D eigenvalue weighted by molar-refractivity contribution is 0.541. The minimum atomic E-state index is 0.162. The Labute approximate surface area is 142 Å². The fraction of sp³-hybridized carbons (Fsp3) is 0.545. The van der Waals surface area contributed by atoms with E-state index in [0.717, 1.165) is 6.42 Å². The molecule has 0 aliphatic heterocycles. The third kappa shape index (κ3) is 4.81. The summed E-state index contributed by atoms with van der Waals surface area (Å²) in [4.78, 5) is 0. The molecule has 0 fully saturated rings. The van der Waals surface area contributed by atoms with E-state index < -0.39 is 0 Å². The van der Waals surface area contributed by atoms with E-state index in [1.54, 1.807) is 0 Å². The van der Waals surface area contributed by atoms with Gasteiger partial charge in [-0.3, -0.25) is 0 Å². The van der Waals surface area contributed by atoms with Crippen LogP contribution in [0.2, 0.25) is 0 Å². The molecule has 0 radical (unpaired) electrons. The van der Waals surface area contributed by atoms with E-state index in [0.29, 0.717) is 0 Å². The van der Waals surface area contributed by atoms with Crippen molar-refractivity contribution < 1.29 is 0 Å². The average Bonchev–Trinajstić information content (AvgIpc) is 2.55. The number of hydrogen-bond acceptors (Lipinski definition) is 1. The third-order valence-electron chi connectivity index (χ3n) is 5.11. The van der Waals surface area contributed by atoms with Crippen molar-refractivity contribution in [2.75, 3.05) is 0 Å². The molecule has 126 valence electrons. The Morgan fingerprint density at radius 1 is 0.913 bits per heavy atom. The molecule has 1 heteroatoms. The lowest BCUT2D eigenvalue weighted by atomic mass is 9.89. The van der Waals surface area contributed by atoms with Gasteiger partial charge in [-0.25, -0.2) is 0 Å². The molecule has 0 aromatic heterocycles. The number of rotatable bonds is 9. The maximum atomic E-state index is 6.59. The molecule has 0 saturated carbocycles. The normalized spacial score (nSPS) is 12.7. The highest BCUT2D eigenvalue weighted by Gasteiger charge is 2.14. The second-order valence-corrected chi connectivity index (χ2v) is 6.97. The van der Waals surface area contributed by atoms with Gasteiger partial charge in [-0.05, 0) is 47.7 Å². The van der Waals surface area contributed by atoms with Crippen molar-refractivity contribution in [2.45, 2.75) is 78.2 Å². The zero-order valence-electron chi connectivity index (χ0n) is 15.2. The summed E-state index contributed by atoms with van der Waals surface area (Å²) in [5.41, 5.74) is 10.7. The molecule has 2 aromatic carbocycles. The van der Waals surface area contributed by atoms with Crippen LogP contribution < -0.4 is 5.73 Å². The van der Waals surface area contributed by atoms with Crippen molar-refractivity contribution >= 4 is 10.8 Å². The van der Waals surface area contributed by atoms with Crippen molar-refractivity contribution in [2.24, 2.45) is 5.73 Å². The highest BCUT2D eigenvalue weighted by atomic mass is 14.6. The molecule has 1 atom stereocenters. The van der Waals surface area contributed by atoms with Crippen LogP contribution in [0.5, 0.6) is 0 Å². The van der Waals surface area contributed by atoms with Crippen LogP contribution in [0.1, 0.15) is 81.0 Å². The first-order valence-corrected chi connectivity index (χ1v) is 9.39. The highest BCUT2D eigenvalue weighted by Crippen LogP contribution is 2.31. The zero-order valence-corrected chi connectivity index (χ0v) is 15.2. The average molecular weight is 312 g/mol. The van der Waals surface area contributed by atoms with Crippen LogP contribution in [0.4, 0.5) is 0 Å². The molecular formula is C22H33N. The van der Waals surface area contributed by atoms with Crippen LogP contribution in [-0.4, -0.2) is 0 Å². The SMILES string of the molecule is CCCCCCCCCC(N)c1c(C)c(C)cc2ccccc12. The first-order valence-electron chi connectivity index (χ1n) is 9.39. The molecule has 23 heavy (non-hydrogen) atoms. The summed E-state index contributed by atoms with van der Waals surface area (Å²) in [6.07, 6.45) is 10.5. The summed E-state index contributed by atoms with van der Waals surface area (Å²) in [5, 5.41) is 2.66. The molecule has 2 N–H and O–H groups in total. The van der Waals surface area contributed by atoms with Gasteiger partial charge in [0.1, 0.15) is 0 Å². The number of hydrogen-bond donors (Lipinski definition) is 1. The van der Waals surface area contributed by atoms with Crippen molar-refractivity contribution in [3.05, 3.63) is 47.0 Å². The van der Waals surface area contributed by atoms with Crippen LogP contribution in [0, 0.1) is 13.8 Å². The van der Waals surface area contributed by atoms with Gasteiger partial charge in [0, 0.05) is 6.04 Å². The molecule has 0 bridgehead atoms. The minimum Gasteiger partial charge on any atom is -0.324 e. The molecule has 0 aliphatic carbocycles. The molecule has 0 amide bonds. The van der Waals surface area contributed by atoms with Crippen LogP contribution in [-0.2, 0) is 0 Å². The monoisotopic (exact) mass is 311 g/mol. The number of unbranched alkanes of at least 4 members (excludes halogenated alkanes) is 6. The Balaban J connectivity index is 1.98. The van der Waals surface area contributed by atoms with E-state index in [4.69, 9.17) is 5.73 Å². The Hall–Kier alpha value is -1.34. The molecule has 1 nitrogen and oxygen atoms in total. The summed E-state index contributed by atoms with van der Waals surface area (Å²) in [6, 6.07) is 11.1. The maximum absolute atomic E-state index is 6.59. The molecule has 0 spiro atoms. The van der Waals surface area contributed by atoms with Gasteiger partial charge in [0.05, 0.1) is 0 Å². The lowest BCUT2D eigenvalue weighted by Gasteiger charge is -2.19.